The summed E-state index contributed by atoms with van der Waals surface area (Å²) in [6, 6.07) is 16.4. The summed E-state index contributed by atoms with van der Waals surface area (Å²) >= 11 is 0. The Bertz CT molecular complexity index is 962. The number of hydrogen-bond donors (Lipinski definition) is 0. The summed E-state index contributed by atoms with van der Waals surface area (Å²) in [6.45, 7) is 0. The number of unbranched alkanes of at least 4 members (excludes halogenated alkanes) is 1. The predicted octanol–water partition coefficient (Wildman–Crippen LogP) is 3.96. The number of rotatable bonds is 9. The maximum absolute atomic E-state index is 12.7. The van der Waals surface area contributed by atoms with Crippen molar-refractivity contribution < 1.29 is 19.1 Å². The fourth-order valence-electron chi connectivity index (χ4n) is 2.84. The second-order valence-electron chi connectivity index (χ2n) is 7.23. The van der Waals surface area contributed by atoms with E-state index in [1.165, 1.54) is 7.11 Å². The third kappa shape index (κ3) is 8.01. The number of allylic oxidation sites excluding steroid dienone is 1. The van der Waals surface area contributed by atoms with Gasteiger partial charge in [0, 0.05) is 32.5 Å². The van der Waals surface area contributed by atoms with Gasteiger partial charge < -0.3 is 9.64 Å². The van der Waals surface area contributed by atoms with Crippen molar-refractivity contribution in [3.05, 3.63) is 77.4 Å². The van der Waals surface area contributed by atoms with Gasteiger partial charge in [-0.25, -0.2) is 9.79 Å². The van der Waals surface area contributed by atoms with Gasteiger partial charge in [0.15, 0.2) is 0 Å². The molecule has 2 rings (SSSR count). The monoisotopic (exact) mass is 420 g/mol. The van der Waals surface area contributed by atoms with Crippen molar-refractivity contribution >= 4 is 29.6 Å². The molecule has 0 aliphatic heterocycles. The average Bonchev–Trinajstić information content (AvgIpc) is 2.78. The Morgan fingerprint density at radius 1 is 1.03 bits per heavy atom. The van der Waals surface area contributed by atoms with E-state index in [0.717, 1.165) is 24.0 Å². The van der Waals surface area contributed by atoms with Gasteiger partial charge in [-0.15, -0.1) is 0 Å². The van der Waals surface area contributed by atoms with Crippen LogP contribution in [0.25, 0.3) is 6.08 Å². The number of nitrogens with zero attached hydrogens (tertiary/aromatic N) is 2. The summed E-state index contributed by atoms with van der Waals surface area (Å²) in [5.74, 6) is -1.01. The van der Waals surface area contributed by atoms with Gasteiger partial charge in [0.25, 0.3) is 5.91 Å². The van der Waals surface area contributed by atoms with Crippen LogP contribution in [0, 0.1) is 0 Å². The zero-order chi connectivity index (χ0) is 22.6. The van der Waals surface area contributed by atoms with Crippen molar-refractivity contribution in [3.8, 4) is 0 Å². The van der Waals surface area contributed by atoms with Crippen LogP contribution < -0.4 is 0 Å². The summed E-state index contributed by atoms with van der Waals surface area (Å²) < 4.78 is 4.79. The molecule has 0 aromatic heterocycles. The molecule has 0 bridgehead atoms. The molecule has 0 saturated heterocycles. The standard InChI is InChI=1S/C25H28N2O4/c1-27(2)23(28)16-9-5-8-11-19-14-10-15-21(17-19)24(29)26-22(25(30)31-3)18-20-12-6-4-7-13-20/h4,6-8,10-15,17H,5,9,16,18H2,1-3H3/b11-8-,26-22+. The first-order valence-electron chi connectivity index (χ1n) is 10.1. The van der Waals surface area contributed by atoms with Gasteiger partial charge >= 0.3 is 5.97 Å². The van der Waals surface area contributed by atoms with Gasteiger partial charge in [0.05, 0.1) is 7.11 Å². The van der Waals surface area contributed by atoms with Crippen LogP contribution in [0.1, 0.15) is 40.7 Å². The molecule has 6 nitrogen and oxygen atoms in total. The van der Waals surface area contributed by atoms with Crippen LogP contribution in [0.5, 0.6) is 0 Å². The Labute approximate surface area is 183 Å². The van der Waals surface area contributed by atoms with E-state index in [1.807, 2.05) is 48.6 Å². The van der Waals surface area contributed by atoms with E-state index >= 15 is 0 Å². The summed E-state index contributed by atoms with van der Waals surface area (Å²) in [4.78, 5) is 42.0. The SMILES string of the molecule is COC(=O)/C(Cc1ccccc1)=N/C(=O)c1cccc(/C=C\CCCC(=O)N(C)C)c1. The summed E-state index contributed by atoms with van der Waals surface area (Å²) in [5, 5.41) is 0. The van der Waals surface area contributed by atoms with E-state index in [2.05, 4.69) is 4.99 Å². The maximum atomic E-state index is 12.7. The minimum Gasteiger partial charge on any atom is -0.465 e. The first-order valence-corrected chi connectivity index (χ1v) is 10.1. The van der Waals surface area contributed by atoms with Crippen molar-refractivity contribution in [2.75, 3.05) is 21.2 Å². The molecule has 31 heavy (non-hydrogen) atoms. The lowest BCUT2D eigenvalue weighted by molar-refractivity contribution is -0.133. The van der Waals surface area contributed by atoms with Crippen molar-refractivity contribution in [1.82, 2.24) is 4.90 Å². The molecule has 2 aromatic carbocycles. The second kappa shape index (κ2) is 12.2. The first-order chi connectivity index (χ1) is 14.9. The highest BCUT2D eigenvalue weighted by molar-refractivity contribution is 6.39. The fraction of sp³-hybridized carbons (Fsp3) is 0.280. The van der Waals surface area contributed by atoms with Crippen LogP contribution in [0.4, 0.5) is 0 Å². The van der Waals surface area contributed by atoms with Gasteiger partial charge in [0.2, 0.25) is 5.91 Å². The Kier molecular flexibility index (Phi) is 9.36. The van der Waals surface area contributed by atoms with E-state index < -0.39 is 11.9 Å². The molecule has 0 aliphatic carbocycles. The third-order valence-electron chi connectivity index (χ3n) is 4.58. The Balaban J connectivity index is 2.07. The molecule has 0 unspecified atom stereocenters. The minimum atomic E-state index is -0.625. The number of methoxy groups -OCH3 is 1. The van der Waals surface area contributed by atoms with Crippen molar-refractivity contribution in [1.29, 1.82) is 0 Å². The molecule has 0 aliphatic rings. The average molecular weight is 421 g/mol. The van der Waals surface area contributed by atoms with E-state index in [0.29, 0.717) is 12.0 Å². The number of ether oxygens (including phenoxy) is 1. The number of aliphatic imine (C=N–C) groups is 1. The molecule has 2 amide bonds. The smallest absolute Gasteiger partial charge is 0.352 e. The highest BCUT2D eigenvalue weighted by Gasteiger charge is 2.16. The Morgan fingerprint density at radius 3 is 2.45 bits per heavy atom. The molecule has 0 heterocycles. The number of hydrogen-bond acceptors (Lipinski definition) is 4. The number of carbonyl (C=O) groups excluding carboxylic acids is 3. The van der Waals surface area contributed by atoms with Crippen LogP contribution >= 0.6 is 0 Å². The zero-order valence-electron chi connectivity index (χ0n) is 18.2. The third-order valence-corrected chi connectivity index (χ3v) is 4.58. The predicted molar refractivity (Wildman–Crippen MR) is 122 cm³/mol. The summed E-state index contributed by atoms with van der Waals surface area (Å²) in [7, 11) is 4.76. The largest absolute Gasteiger partial charge is 0.465 e. The van der Waals surface area contributed by atoms with Gasteiger partial charge in [-0.1, -0.05) is 54.6 Å². The van der Waals surface area contributed by atoms with Crippen LogP contribution in [0.3, 0.4) is 0 Å². The molecule has 162 valence electrons. The molecule has 0 fully saturated rings. The molecule has 0 radical (unpaired) electrons. The molecule has 0 saturated carbocycles. The molecule has 6 heteroatoms. The molecule has 0 N–H and O–H groups in total. The maximum Gasteiger partial charge on any atom is 0.352 e. The van der Waals surface area contributed by atoms with Gasteiger partial charge in [0.1, 0.15) is 5.71 Å². The molecule has 0 atom stereocenters. The zero-order valence-corrected chi connectivity index (χ0v) is 18.2. The quantitative estimate of drug-likeness (QED) is 0.350. The van der Waals surface area contributed by atoms with Gasteiger partial charge in [-0.3, -0.25) is 9.59 Å². The van der Waals surface area contributed by atoms with Crippen LogP contribution in [-0.4, -0.2) is 49.6 Å². The van der Waals surface area contributed by atoms with E-state index in [1.54, 1.807) is 37.2 Å². The number of esters is 1. The van der Waals surface area contributed by atoms with E-state index in [4.69, 9.17) is 4.74 Å². The summed E-state index contributed by atoms with van der Waals surface area (Å²) in [6.07, 6.45) is 6.13. The minimum absolute atomic E-state index is 0.0604. The molecule has 2 aromatic rings. The van der Waals surface area contributed by atoms with Crippen molar-refractivity contribution in [3.63, 3.8) is 0 Å². The molecular formula is C25H28N2O4. The van der Waals surface area contributed by atoms with Gasteiger partial charge in [-0.2, -0.15) is 0 Å². The van der Waals surface area contributed by atoms with Crippen molar-refractivity contribution in [2.45, 2.75) is 25.7 Å². The number of amides is 2. The van der Waals surface area contributed by atoms with Crippen LogP contribution in [-0.2, 0) is 20.7 Å². The lowest BCUT2D eigenvalue weighted by atomic mass is 10.1. The topological polar surface area (TPSA) is 76.0 Å². The molecule has 0 spiro atoms. The highest BCUT2D eigenvalue weighted by atomic mass is 16.5. The fourth-order valence-corrected chi connectivity index (χ4v) is 2.84. The van der Waals surface area contributed by atoms with Crippen molar-refractivity contribution in [2.24, 2.45) is 4.99 Å². The van der Waals surface area contributed by atoms with Crippen LogP contribution in [0.2, 0.25) is 0 Å². The van der Waals surface area contributed by atoms with E-state index in [-0.39, 0.29) is 18.0 Å². The van der Waals surface area contributed by atoms with Gasteiger partial charge in [-0.05, 0) is 36.1 Å². The van der Waals surface area contributed by atoms with Crippen LogP contribution in [0.15, 0.2) is 65.7 Å². The lowest BCUT2D eigenvalue weighted by Crippen LogP contribution is -2.20. The Morgan fingerprint density at radius 2 is 1.77 bits per heavy atom. The first kappa shape index (κ1) is 23.7. The lowest BCUT2D eigenvalue weighted by Gasteiger charge is -2.08. The normalized spacial score (nSPS) is 11.4. The molecular weight excluding hydrogens is 392 g/mol. The second-order valence-corrected chi connectivity index (χ2v) is 7.23. The Hall–Kier alpha value is -3.54. The highest BCUT2D eigenvalue weighted by Crippen LogP contribution is 2.11. The number of carbonyl (C=O) groups is 3. The number of benzene rings is 2. The van der Waals surface area contributed by atoms with E-state index in [9.17, 15) is 14.4 Å². The summed E-state index contributed by atoms with van der Waals surface area (Å²) in [5.41, 5.74) is 2.16.